The topological polar surface area (TPSA) is 99.1 Å². The van der Waals surface area contributed by atoms with Crippen LogP contribution in [0.3, 0.4) is 0 Å². The van der Waals surface area contributed by atoms with E-state index < -0.39 is 11.9 Å². The van der Waals surface area contributed by atoms with Gasteiger partial charge in [0, 0.05) is 6.08 Å². The lowest BCUT2D eigenvalue weighted by Gasteiger charge is -2.24. The second-order valence-corrected chi connectivity index (χ2v) is 6.71. The number of rotatable bonds is 10. The van der Waals surface area contributed by atoms with Crippen LogP contribution in [0.1, 0.15) is 38.5 Å². The molecular weight excluding hydrogens is 364 g/mol. The molecule has 152 valence electrons. The van der Waals surface area contributed by atoms with Crippen LogP contribution in [0.25, 0.3) is 0 Å². The molecule has 1 aliphatic carbocycles. The third kappa shape index (κ3) is 7.06. The maximum absolute atomic E-state index is 12.2. The predicted molar refractivity (Wildman–Crippen MR) is 101 cm³/mol. The van der Waals surface area contributed by atoms with E-state index in [1.807, 2.05) is 0 Å². The fraction of sp³-hybridized carbons (Fsp3) is 0.476. The van der Waals surface area contributed by atoms with E-state index in [9.17, 15) is 14.4 Å². The van der Waals surface area contributed by atoms with E-state index in [0.717, 1.165) is 12.5 Å². The summed E-state index contributed by atoms with van der Waals surface area (Å²) in [4.78, 5) is 34.1. The van der Waals surface area contributed by atoms with Crippen molar-refractivity contribution >= 4 is 17.9 Å². The van der Waals surface area contributed by atoms with Gasteiger partial charge in [-0.3, -0.25) is 9.59 Å². The molecule has 2 rings (SSSR count). The molecule has 1 aromatic rings. The Bertz CT molecular complexity index is 672. The molecule has 0 spiro atoms. The first-order valence-corrected chi connectivity index (χ1v) is 9.46. The first-order chi connectivity index (χ1) is 13.5. The van der Waals surface area contributed by atoms with E-state index >= 15 is 0 Å². The molecule has 28 heavy (non-hydrogen) atoms. The lowest BCUT2D eigenvalue weighted by Crippen LogP contribution is -2.28. The molecule has 0 aromatic heterocycles. The number of aliphatic carboxylic acids is 1. The predicted octanol–water partition coefficient (Wildman–Crippen LogP) is 3.37. The first kappa shape index (κ1) is 21.5. The summed E-state index contributed by atoms with van der Waals surface area (Å²) in [6, 6.07) is 6.79. The third-order valence-corrected chi connectivity index (χ3v) is 4.67. The number of carbonyl (C=O) groups excluding carboxylic acids is 2. The van der Waals surface area contributed by atoms with E-state index in [-0.39, 0.29) is 17.8 Å². The molecule has 0 aliphatic heterocycles. The van der Waals surface area contributed by atoms with Gasteiger partial charge in [0.25, 0.3) is 0 Å². The van der Waals surface area contributed by atoms with Crippen LogP contribution >= 0.6 is 0 Å². The summed E-state index contributed by atoms with van der Waals surface area (Å²) in [5.41, 5.74) is 0. The highest BCUT2D eigenvalue weighted by Gasteiger charge is 2.30. The van der Waals surface area contributed by atoms with Crippen LogP contribution in [0.15, 0.2) is 36.9 Å². The molecule has 1 fully saturated rings. The molecule has 1 N–H and O–H groups in total. The smallest absolute Gasteiger partial charge is 0.330 e. The van der Waals surface area contributed by atoms with Crippen molar-refractivity contribution in [2.24, 2.45) is 11.8 Å². The zero-order valence-corrected chi connectivity index (χ0v) is 15.8. The number of benzene rings is 1. The molecule has 0 atom stereocenters. The minimum Gasteiger partial charge on any atom is -0.494 e. The lowest BCUT2D eigenvalue weighted by atomic mass is 9.82. The van der Waals surface area contributed by atoms with Crippen molar-refractivity contribution in [3.8, 4) is 11.5 Å². The van der Waals surface area contributed by atoms with Crippen molar-refractivity contribution in [3.63, 3.8) is 0 Å². The number of hydrogen-bond donors (Lipinski definition) is 1. The molecule has 0 unspecified atom stereocenters. The number of ether oxygens (including phenoxy) is 3. The van der Waals surface area contributed by atoms with E-state index in [1.54, 1.807) is 24.3 Å². The van der Waals surface area contributed by atoms with Gasteiger partial charge in [-0.05, 0) is 62.8 Å². The molecule has 0 saturated heterocycles. The molecule has 0 radical (unpaired) electrons. The van der Waals surface area contributed by atoms with Crippen molar-refractivity contribution < 1.29 is 33.7 Å². The molecule has 1 saturated carbocycles. The monoisotopic (exact) mass is 390 g/mol. The van der Waals surface area contributed by atoms with Gasteiger partial charge in [-0.2, -0.15) is 0 Å². The van der Waals surface area contributed by atoms with Gasteiger partial charge < -0.3 is 19.3 Å². The van der Waals surface area contributed by atoms with Crippen LogP contribution < -0.4 is 9.47 Å². The van der Waals surface area contributed by atoms with Gasteiger partial charge in [-0.1, -0.05) is 6.58 Å². The van der Waals surface area contributed by atoms with Gasteiger partial charge in [0.15, 0.2) is 0 Å². The Balaban J connectivity index is 1.66. The SMILES string of the molecule is C=CC(=O)OCCCCOc1ccc(OC(=O)[C@H]2CC[C@H](C(=O)O)CC2)cc1. The summed E-state index contributed by atoms with van der Waals surface area (Å²) in [6.07, 6.45) is 4.66. The zero-order chi connectivity index (χ0) is 20.4. The number of carbonyl (C=O) groups is 3. The number of carboxylic acid groups (broad SMARTS) is 1. The molecular formula is C21H26O7. The average Bonchev–Trinajstić information content (AvgIpc) is 2.71. The minimum atomic E-state index is -0.791. The molecule has 0 heterocycles. The Labute approximate surface area is 164 Å². The largest absolute Gasteiger partial charge is 0.494 e. The van der Waals surface area contributed by atoms with Crippen LogP contribution in [0, 0.1) is 11.8 Å². The Morgan fingerprint density at radius 3 is 2.14 bits per heavy atom. The van der Waals surface area contributed by atoms with Gasteiger partial charge in [0.1, 0.15) is 11.5 Å². The third-order valence-electron chi connectivity index (χ3n) is 4.67. The number of esters is 2. The minimum absolute atomic E-state index is 0.248. The standard InChI is InChI=1S/C21H26O7/c1-2-19(22)27-14-4-3-13-26-17-9-11-18(12-10-17)28-21(25)16-7-5-15(6-8-16)20(23)24/h2,9-12,15-16H,1,3-8,13-14H2,(H,23,24)/t15-,16-. The van der Waals surface area contributed by atoms with E-state index in [1.165, 1.54) is 0 Å². The van der Waals surface area contributed by atoms with E-state index in [4.69, 9.17) is 19.3 Å². The zero-order valence-electron chi connectivity index (χ0n) is 15.8. The average molecular weight is 390 g/mol. The Hall–Kier alpha value is -2.83. The summed E-state index contributed by atoms with van der Waals surface area (Å²) in [5.74, 6) is -1.04. The highest BCUT2D eigenvalue weighted by atomic mass is 16.5. The van der Waals surface area contributed by atoms with Gasteiger partial charge in [-0.25, -0.2) is 4.79 Å². The number of hydrogen-bond acceptors (Lipinski definition) is 6. The molecule has 7 nitrogen and oxygen atoms in total. The van der Waals surface area contributed by atoms with E-state index in [2.05, 4.69) is 6.58 Å². The molecule has 0 amide bonds. The quantitative estimate of drug-likeness (QED) is 0.283. The summed E-state index contributed by atoms with van der Waals surface area (Å²) >= 11 is 0. The van der Waals surface area contributed by atoms with Crippen LogP contribution in [0.5, 0.6) is 11.5 Å². The van der Waals surface area contributed by atoms with Gasteiger partial charge in [-0.15, -0.1) is 0 Å². The first-order valence-electron chi connectivity index (χ1n) is 9.46. The van der Waals surface area contributed by atoms with Crippen molar-refractivity contribution in [1.82, 2.24) is 0 Å². The second-order valence-electron chi connectivity index (χ2n) is 6.71. The van der Waals surface area contributed by atoms with Crippen LogP contribution in [0.4, 0.5) is 0 Å². The Kier molecular flexibility index (Phi) is 8.52. The lowest BCUT2D eigenvalue weighted by molar-refractivity contribution is -0.146. The fourth-order valence-electron chi connectivity index (χ4n) is 3.01. The summed E-state index contributed by atoms with van der Waals surface area (Å²) in [5, 5.41) is 9.01. The Morgan fingerprint density at radius 1 is 0.964 bits per heavy atom. The van der Waals surface area contributed by atoms with Crippen molar-refractivity contribution in [2.75, 3.05) is 13.2 Å². The molecule has 0 bridgehead atoms. The summed E-state index contributed by atoms with van der Waals surface area (Å²) < 4.78 is 15.9. The van der Waals surface area contributed by atoms with E-state index in [0.29, 0.717) is 56.8 Å². The normalized spacial score (nSPS) is 18.7. The van der Waals surface area contributed by atoms with Gasteiger partial charge in [0.05, 0.1) is 25.0 Å². The van der Waals surface area contributed by atoms with Gasteiger partial charge in [0.2, 0.25) is 0 Å². The number of unbranched alkanes of at least 4 members (excludes halogenated alkanes) is 1. The van der Waals surface area contributed by atoms with Crippen LogP contribution in [-0.2, 0) is 19.1 Å². The summed E-state index contributed by atoms with van der Waals surface area (Å²) in [6.45, 7) is 4.14. The Morgan fingerprint density at radius 2 is 1.54 bits per heavy atom. The maximum atomic E-state index is 12.2. The van der Waals surface area contributed by atoms with Crippen LogP contribution in [0.2, 0.25) is 0 Å². The highest BCUT2D eigenvalue weighted by Crippen LogP contribution is 2.30. The highest BCUT2D eigenvalue weighted by molar-refractivity contribution is 5.81. The van der Waals surface area contributed by atoms with Gasteiger partial charge >= 0.3 is 17.9 Å². The van der Waals surface area contributed by atoms with Crippen molar-refractivity contribution in [1.29, 1.82) is 0 Å². The molecule has 1 aliphatic rings. The summed E-state index contributed by atoms with van der Waals surface area (Å²) in [7, 11) is 0. The molecule has 7 heteroatoms. The van der Waals surface area contributed by atoms with Crippen molar-refractivity contribution in [3.05, 3.63) is 36.9 Å². The second kappa shape index (κ2) is 11.1. The molecule has 1 aromatic carbocycles. The number of carboxylic acids is 1. The fourth-order valence-corrected chi connectivity index (χ4v) is 3.01. The maximum Gasteiger partial charge on any atom is 0.330 e. The van der Waals surface area contributed by atoms with Crippen molar-refractivity contribution in [2.45, 2.75) is 38.5 Å². The van der Waals surface area contributed by atoms with Crippen LogP contribution in [-0.4, -0.2) is 36.2 Å².